The van der Waals surface area contributed by atoms with Crippen LogP contribution in [0.25, 0.3) is 0 Å². The molecule has 3 rings (SSSR count). The highest BCUT2D eigenvalue weighted by Crippen LogP contribution is 2.25. The molecule has 0 bridgehead atoms. The number of hydrogen-bond acceptors (Lipinski definition) is 4. The summed E-state index contributed by atoms with van der Waals surface area (Å²) in [7, 11) is 1.34. The minimum absolute atomic E-state index is 0.134. The Morgan fingerprint density at radius 2 is 1.79 bits per heavy atom. The Labute approximate surface area is 140 Å². The van der Waals surface area contributed by atoms with Crippen LogP contribution in [-0.2, 0) is 33.7 Å². The van der Waals surface area contributed by atoms with Crippen molar-refractivity contribution >= 4 is 11.9 Å². The van der Waals surface area contributed by atoms with Crippen LogP contribution in [0.15, 0.2) is 48.5 Å². The number of hydrogen-bond donors (Lipinski definition) is 1. The molecule has 2 aromatic carbocycles. The topological polar surface area (TPSA) is 66.8 Å². The molecule has 1 N–H and O–H groups in total. The van der Waals surface area contributed by atoms with Gasteiger partial charge >= 0.3 is 5.97 Å². The van der Waals surface area contributed by atoms with Crippen LogP contribution in [0.4, 0.5) is 0 Å². The molecule has 5 heteroatoms. The summed E-state index contributed by atoms with van der Waals surface area (Å²) in [5.74, 6) is -0.375. The molecule has 24 heavy (non-hydrogen) atoms. The number of aromatic hydroxyl groups is 1. The molecular weight excluding hydrogens is 306 g/mol. The first-order valence-corrected chi connectivity index (χ1v) is 7.80. The van der Waals surface area contributed by atoms with Gasteiger partial charge in [0.1, 0.15) is 11.8 Å². The molecule has 0 unspecified atom stereocenters. The molecule has 1 heterocycles. The summed E-state index contributed by atoms with van der Waals surface area (Å²) in [6.45, 7) is 0.396. The first kappa shape index (κ1) is 16.1. The molecule has 2 aromatic rings. The van der Waals surface area contributed by atoms with Crippen molar-refractivity contribution in [3.05, 3.63) is 65.2 Å². The predicted molar refractivity (Wildman–Crippen MR) is 88.3 cm³/mol. The molecule has 0 aromatic heterocycles. The average Bonchev–Trinajstić information content (AvgIpc) is 2.61. The molecule has 0 radical (unpaired) electrons. The molecule has 1 aliphatic rings. The van der Waals surface area contributed by atoms with Crippen LogP contribution in [0, 0.1) is 0 Å². The second-order valence-corrected chi connectivity index (χ2v) is 5.88. The Morgan fingerprint density at radius 1 is 1.12 bits per heavy atom. The van der Waals surface area contributed by atoms with Crippen LogP contribution >= 0.6 is 0 Å². The van der Waals surface area contributed by atoms with E-state index in [4.69, 9.17) is 4.74 Å². The molecule has 0 spiro atoms. The number of phenols is 1. The van der Waals surface area contributed by atoms with Gasteiger partial charge in [-0.1, -0.05) is 36.4 Å². The first-order valence-electron chi connectivity index (χ1n) is 7.80. The van der Waals surface area contributed by atoms with Crippen molar-refractivity contribution in [2.24, 2.45) is 0 Å². The van der Waals surface area contributed by atoms with Crippen LogP contribution in [0.3, 0.4) is 0 Å². The van der Waals surface area contributed by atoms with Gasteiger partial charge in [-0.3, -0.25) is 4.79 Å². The van der Waals surface area contributed by atoms with Crippen molar-refractivity contribution < 1.29 is 19.4 Å². The molecule has 1 atom stereocenters. The zero-order valence-corrected chi connectivity index (χ0v) is 13.4. The van der Waals surface area contributed by atoms with Crippen LogP contribution in [0.2, 0.25) is 0 Å². The van der Waals surface area contributed by atoms with Crippen molar-refractivity contribution in [1.29, 1.82) is 0 Å². The maximum Gasteiger partial charge on any atom is 0.328 e. The fourth-order valence-corrected chi connectivity index (χ4v) is 3.02. The highest BCUT2D eigenvalue weighted by atomic mass is 16.5. The largest absolute Gasteiger partial charge is 0.508 e. The summed E-state index contributed by atoms with van der Waals surface area (Å²) in [4.78, 5) is 26.5. The number of fused-ring (bicyclic) bond motifs is 1. The van der Waals surface area contributed by atoms with E-state index in [1.54, 1.807) is 29.2 Å². The Hall–Kier alpha value is -2.82. The second kappa shape index (κ2) is 6.74. The number of nitrogens with zero attached hydrogens (tertiary/aromatic N) is 1. The summed E-state index contributed by atoms with van der Waals surface area (Å²) in [6, 6.07) is 13.7. The standard InChI is InChI=1S/C19H19NO4/c1-24-19(23)17-11-14-4-2-3-5-15(14)12-20(17)18(22)10-13-6-8-16(21)9-7-13/h2-9,17,21H,10-12H2,1H3/t17-/m1/s1. The molecule has 0 saturated heterocycles. The lowest BCUT2D eigenvalue weighted by Crippen LogP contribution is -2.49. The number of rotatable bonds is 3. The summed E-state index contributed by atoms with van der Waals surface area (Å²) in [5.41, 5.74) is 2.92. The molecule has 0 aliphatic carbocycles. The van der Waals surface area contributed by atoms with Crippen LogP contribution < -0.4 is 0 Å². The Bertz CT molecular complexity index is 754. The highest BCUT2D eigenvalue weighted by Gasteiger charge is 2.35. The predicted octanol–water partition coefficient (Wildman–Crippen LogP) is 2.06. The minimum Gasteiger partial charge on any atom is -0.508 e. The normalized spacial score (nSPS) is 16.4. The smallest absolute Gasteiger partial charge is 0.328 e. The summed E-state index contributed by atoms with van der Waals surface area (Å²) in [6.07, 6.45) is 0.639. The van der Waals surface area contributed by atoms with Gasteiger partial charge in [-0.15, -0.1) is 0 Å². The number of carbonyl (C=O) groups excluding carboxylic acids is 2. The second-order valence-electron chi connectivity index (χ2n) is 5.88. The number of ether oxygens (including phenoxy) is 1. The minimum atomic E-state index is -0.602. The average molecular weight is 325 g/mol. The summed E-state index contributed by atoms with van der Waals surface area (Å²) in [5, 5.41) is 9.34. The first-order chi connectivity index (χ1) is 11.6. The van der Waals surface area contributed by atoms with Crippen LogP contribution in [0.5, 0.6) is 5.75 Å². The van der Waals surface area contributed by atoms with E-state index in [2.05, 4.69) is 0 Å². The van der Waals surface area contributed by atoms with Gasteiger partial charge in [0.05, 0.1) is 13.5 Å². The number of phenolic OH excluding ortho intramolecular Hbond substituents is 1. The molecule has 124 valence electrons. The van der Waals surface area contributed by atoms with Gasteiger partial charge in [-0.25, -0.2) is 4.79 Å². The van der Waals surface area contributed by atoms with Gasteiger partial charge in [0.2, 0.25) is 5.91 Å². The van der Waals surface area contributed by atoms with E-state index < -0.39 is 12.0 Å². The zero-order valence-electron chi connectivity index (χ0n) is 13.4. The van der Waals surface area contributed by atoms with Crippen molar-refractivity contribution in [2.45, 2.75) is 25.4 Å². The third-order valence-electron chi connectivity index (χ3n) is 4.33. The highest BCUT2D eigenvalue weighted by molar-refractivity contribution is 5.86. The molecular formula is C19H19NO4. The quantitative estimate of drug-likeness (QED) is 0.877. The number of amides is 1. The van der Waals surface area contributed by atoms with Crippen LogP contribution in [0.1, 0.15) is 16.7 Å². The fraction of sp³-hybridized carbons (Fsp3) is 0.263. The van der Waals surface area contributed by atoms with Gasteiger partial charge < -0.3 is 14.7 Å². The van der Waals surface area contributed by atoms with Gasteiger partial charge in [-0.2, -0.15) is 0 Å². The third kappa shape index (κ3) is 3.25. The van der Waals surface area contributed by atoms with E-state index in [0.29, 0.717) is 13.0 Å². The van der Waals surface area contributed by atoms with Crippen molar-refractivity contribution in [3.8, 4) is 5.75 Å². The maximum atomic E-state index is 12.7. The van der Waals surface area contributed by atoms with E-state index in [1.165, 1.54) is 7.11 Å². The van der Waals surface area contributed by atoms with Crippen molar-refractivity contribution in [1.82, 2.24) is 4.90 Å². The van der Waals surface area contributed by atoms with Crippen molar-refractivity contribution in [2.75, 3.05) is 7.11 Å². The Balaban J connectivity index is 1.84. The fourth-order valence-electron chi connectivity index (χ4n) is 3.02. The monoisotopic (exact) mass is 325 g/mol. The lowest BCUT2D eigenvalue weighted by atomic mass is 9.93. The van der Waals surface area contributed by atoms with Crippen LogP contribution in [-0.4, -0.2) is 35.0 Å². The van der Waals surface area contributed by atoms with E-state index in [-0.39, 0.29) is 18.1 Å². The zero-order chi connectivity index (χ0) is 17.1. The van der Waals surface area contributed by atoms with E-state index in [9.17, 15) is 14.7 Å². The summed E-state index contributed by atoms with van der Waals surface area (Å²) < 4.78 is 4.89. The van der Waals surface area contributed by atoms with Gasteiger partial charge in [0.15, 0.2) is 0 Å². The van der Waals surface area contributed by atoms with Gasteiger partial charge in [-0.05, 0) is 28.8 Å². The third-order valence-corrected chi connectivity index (χ3v) is 4.33. The molecule has 1 aliphatic heterocycles. The number of methoxy groups -OCH3 is 1. The molecule has 0 fully saturated rings. The van der Waals surface area contributed by atoms with Crippen molar-refractivity contribution in [3.63, 3.8) is 0 Å². The lowest BCUT2D eigenvalue weighted by Gasteiger charge is -2.35. The van der Waals surface area contributed by atoms with Gasteiger partial charge in [0.25, 0.3) is 0 Å². The number of esters is 1. The molecule has 5 nitrogen and oxygen atoms in total. The number of benzene rings is 2. The van der Waals surface area contributed by atoms with E-state index in [1.807, 2.05) is 24.3 Å². The Kier molecular flexibility index (Phi) is 4.51. The SMILES string of the molecule is COC(=O)[C@H]1Cc2ccccc2CN1C(=O)Cc1ccc(O)cc1. The van der Waals surface area contributed by atoms with E-state index >= 15 is 0 Å². The maximum absolute atomic E-state index is 12.7. The molecule has 0 saturated carbocycles. The molecule has 1 amide bonds. The van der Waals surface area contributed by atoms with Gasteiger partial charge in [0, 0.05) is 13.0 Å². The lowest BCUT2D eigenvalue weighted by molar-refractivity contribution is -0.153. The number of carbonyl (C=O) groups is 2. The summed E-state index contributed by atoms with van der Waals surface area (Å²) >= 11 is 0. The van der Waals surface area contributed by atoms with E-state index in [0.717, 1.165) is 16.7 Å². The Morgan fingerprint density at radius 3 is 2.46 bits per heavy atom.